The Balaban J connectivity index is 1.63. The lowest BCUT2D eigenvalue weighted by atomic mass is 9.96. The van der Waals surface area contributed by atoms with Crippen LogP contribution in [0.2, 0.25) is 0 Å². The van der Waals surface area contributed by atoms with Gasteiger partial charge in [0.25, 0.3) is 5.88 Å². The lowest BCUT2D eigenvalue weighted by Crippen LogP contribution is -2.27. The van der Waals surface area contributed by atoms with Crippen LogP contribution in [0.3, 0.4) is 0 Å². The average Bonchev–Trinajstić information content (AvgIpc) is 2.67. The summed E-state index contributed by atoms with van der Waals surface area (Å²) >= 11 is 0. The number of fused-ring (bicyclic) bond motifs is 1. The van der Waals surface area contributed by atoms with E-state index in [1.54, 1.807) is 18.6 Å². The molecule has 2 aromatic heterocycles. The molecule has 3 aromatic rings. The van der Waals surface area contributed by atoms with Crippen LogP contribution in [0.5, 0.6) is 5.88 Å². The molecule has 0 fully saturated rings. The largest absolute Gasteiger partial charge is 0.470 e. The van der Waals surface area contributed by atoms with Gasteiger partial charge in [-0.3, -0.25) is 4.98 Å². The Labute approximate surface area is 156 Å². The first kappa shape index (κ1) is 17.4. The Morgan fingerprint density at radius 1 is 1.26 bits per heavy atom. The number of hydrogen-bond donors (Lipinski definition) is 1. The van der Waals surface area contributed by atoms with Gasteiger partial charge in [0, 0.05) is 31.0 Å². The maximum atomic E-state index is 14.6. The molecule has 0 spiro atoms. The van der Waals surface area contributed by atoms with Gasteiger partial charge in [-0.1, -0.05) is 0 Å². The smallest absolute Gasteiger partial charge is 0.258 e. The molecule has 1 aliphatic rings. The zero-order chi connectivity index (χ0) is 18.8. The third-order valence-corrected chi connectivity index (χ3v) is 4.66. The summed E-state index contributed by atoms with van der Waals surface area (Å²) < 4.78 is 20.3. The standard InChI is InChI=1S/C20H20FN5O/c1-26-7-4-16-15(11-26)8-14(9-17(16)21)18-10-24-19(22)20(25-18)27-12-13-2-5-23-6-3-13/h2-3,5-6,8-10H,4,7,11-12H2,1H3,(H2,22,24). The van der Waals surface area contributed by atoms with E-state index in [1.807, 2.05) is 25.2 Å². The number of nitrogens with two attached hydrogens (primary N) is 1. The number of benzene rings is 1. The van der Waals surface area contributed by atoms with E-state index < -0.39 is 0 Å². The quantitative estimate of drug-likeness (QED) is 0.766. The number of nitrogen functional groups attached to an aromatic ring is 1. The number of rotatable bonds is 4. The van der Waals surface area contributed by atoms with Gasteiger partial charge < -0.3 is 15.4 Å². The number of hydrogen-bond acceptors (Lipinski definition) is 6. The van der Waals surface area contributed by atoms with E-state index in [-0.39, 0.29) is 17.5 Å². The number of pyridine rings is 1. The van der Waals surface area contributed by atoms with Gasteiger partial charge in [-0.05, 0) is 54.4 Å². The summed E-state index contributed by atoms with van der Waals surface area (Å²) in [6.07, 6.45) is 5.64. The van der Waals surface area contributed by atoms with Gasteiger partial charge in [-0.2, -0.15) is 0 Å². The fourth-order valence-electron chi connectivity index (χ4n) is 3.19. The van der Waals surface area contributed by atoms with Crippen LogP contribution in [0.4, 0.5) is 10.2 Å². The molecule has 0 bridgehead atoms. The second kappa shape index (κ2) is 7.28. The van der Waals surface area contributed by atoms with Gasteiger partial charge in [0.05, 0.1) is 11.9 Å². The van der Waals surface area contributed by atoms with Gasteiger partial charge in [0.15, 0.2) is 5.82 Å². The Kier molecular flexibility index (Phi) is 4.68. The second-order valence-electron chi connectivity index (χ2n) is 6.67. The predicted molar refractivity (Wildman–Crippen MR) is 100 cm³/mol. The van der Waals surface area contributed by atoms with Crippen LogP contribution in [0.1, 0.15) is 16.7 Å². The first-order valence-corrected chi connectivity index (χ1v) is 8.74. The van der Waals surface area contributed by atoms with Crippen LogP contribution in [0.25, 0.3) is 11.3 Å². The molecule has 138 valence electrons. The van der Waals surface area contributed by atoms with Crippen molar-refractivity contribution in [3.63, 3.8) is 0 Å². The van der Waals surface area contributed by atoms with E-state index in [4.69, 9.17) is 10.5 Å². The topological polar surface area (TPSA) is 77.2 Å². The summed E-state index contributed by atoms with van der Waals surface area (Å²) in [5, 5.41) is 0. The Bertz CT molecular complexity index is 964. The minimum atomic E-state index is -0.200. The van der Waals surface area contributed by atoms with E-state index in [1.165, 1.54) is 6.07 Å². The van der Waals surface area contributed by atoms with E-state index in [0.29, 0.717) is 30.8 Å². The van der Waals surface area contributed by atoms with Crippen molar-refractivity contribution in [1.82, 2.24) is 19.9 Å². The van der Waals surface area contributed by atoms with Crippen molar-refractivity contribution in [2.24, 2.45) is 0 Å². The second-order valence-corrected chi connectivity index (χ2v) is 6.67. The number of halogens is 1. The molecular weight excluding hydrogens is 345 g/mol. The molecule has 0 atom stereocenters. The summed E-state index contributed by atoms with van der Waals surface area (Å²) in [5.74, 6) is 0.235. The van der Waals surface area contributed by atoms with E-state index in [0.717, 1.165) is 23.2 Å². The zero-order valence-corrected chi connectivity index (χ0v) is 15.0. The van der Waals surface area contributed by atoms with Crippen molar-refractivity contribution in [1.29, 1.82) is 0 Å². The number of anilines is 1. The summed E-state index contributed by atoms with van der Waals surface area (Å²) in [5.41, 5.74) is 9.81. The van der Waals surface area contributed by atoms with Gasteiger partial charge in [0.2, 0.25) is 0 Å². The molecule has 2 N–H and O–H groups in total. The highest BCUT2D eigenvalue weighted by Gasteiger charge is 2.19. The van der Waals surface area contributed by atoms with Gasteiger partial charge in [-0.25, -0.2) is 14.4 Å². The van der Waals surface area contributed by atoms with E-state index >= 15 is 0 Å². The number of aromatic nitrogens is 3. The first-order valence-electron chi connectivity index (χ1n) is 8.74. The normalized spacial score (nSPS) is 14.0. The number of nitrogens with zero attached hydrogens (tertiary/aromatic N) is 4. The molecule has 0 radical (unpaired) electrons. The minimum absolute atomic E-state index is 0.200. The molecule has 27 heavy (non-hydrogen) atoms. The van der Waals surface area contributed by atoms with Gasteiger partial charge in [0.1, 0.15) is 12.4 Å². The van der Waals surface area contributed by atoms with Crippen molar-refractivity contribution in [2.45, 2.75) is 19.6 Å². The molecule has 1 aliphatic heterocycles. The zero-order valence-electron chi connectivity index (χ0n) is 15.0. The van der Waals surface area contributed by atoms with Crippen molar-refractivity contribution in [3.8, 4) is 17.1 Å². The van der Waals surface area contributed by atoms with E-state index in [9.17, 15) is 4.39 Å². The third kappa shape index (κ3) is 3.73. The summed E-state index contributed by atoms with van der Waals surface area (Å²) in [7, 11) is 2.03. The van der Waals surface area contributed by atoms with Crippen LogP contribution in [0.15, 0.2) is 42.9 Å². The lowest BCUT2D eigenvalue weighted by molar-refractivity contribution is 0.295. The summed E-state index contributed by atoms with van der Waals surface area (Å²) in [4.78, 5) is 14.8. The van der Waals surface area contributed by atoms with E-state index in [2.05, 4.69) is 19.9 Å². The molecule has 0 saturated carbocycles. The summed E-state index contributed by atoms with van der Waals surface area (Å²) in [6.45, 7) is 1.88. The van der Waals surface area contributed by atoms with Crippen LogP contribution >= 0.6 is 0 Å². The molecule has 6 nitrogen and oxygen atoms in total. The molecule has 7 heteroatoms. The van der Waals surface area contributed by atoms with Crippen LogP contribution in [-0.2, 0) is 19.6 Å². The molecule has 0 aliphatic carbocycles. The SMILES string of the molecule is CN1CCc2c(F)cc(-c3cnc(N)c(OCc4ccncc4)n3)cc2C1. The highest BCUT2D eigenvalue weighted by Crippen LogP contribution is 2.29. The monoisotopic (exact) mass is 365 g/mol. The van der Waals surface area contributed by atoms with Gasteiger partial charge >= 0.3 is 0 Å². The third-order valence-electron chi connectivity index (χ3n) is 4.66. The lowest BCUT2D eigenvalue weighted by Gasteiger charge is -2.25. The van der Waals surface area contributed by atoms with Crippen LogP contribution in [0, 0.1) is 5.82 Å². The fourth-order valence-corrected chi connectivity index (χ4v) is 3.19. The Morgan fingerprint density at radius 2 is 2.07 bits per heavy atom. The molecule has 0 amide bonds. The number of ether oxygens (including phenoxy) is 1. The van der Waals surface area contributed by atoms with Crippen molar-refractivity contribution >= 4 is 5.82 Å². The predicted octanol–water partition coefficient (Wildman–Crippen LogP) is 2.83. The molecular formula is C20H20FN5O. The van der Waals surface area contributed by atoms with Crippen LogP contribution in [-0.4, -0.2) is 33.4 Å². The maximum absolute atomic E-state index is 14.6. The van der Waals surface area contributed by atoms with Gasteiger partial charge in [-0.15, -0.1) is 0 Å². The van der Waals surface area contributed by atoms with Crippen LogP contribution < -0.4 is 10.5 Å². The maximum Gasteiger partial charge on any atom is 0.258 e. The van der Waals surface area contributed by atoms with Crippen molar-refractivity contribution in [3.05, 3.63) is 65.4 Å². The first-order chi connectivity index (χ1) is 13.1. The Morgan fingerprint density at radius 3 is 2.89 bits per heavy atom. The molecule has 1 aromatic carbocycles. The fraction of sp³-hybridized carbons (Fsp3) is 0.250. The highest BCUT2D eigenvalue weighted by atomic mass is 19.1. The van der Waals surface area contributed by atoms with Crippen molar-refractivity contribution in [2.75, 3.05) is 19.3 Å². The summed E-state index contributed by atoms with van der Waals surface area (Å²) in [6, 6.07) is 7.18. The molecule has 4 rings (SSSR count). The average molecular weight is 365 g/mol. The van der Waals surface area contributed by atoms with Crippen molar-refractivity contribution < 1.29 is 9.13 Å². The highest BCUT2D eigenvalue weighted by molar-refractivity contribution is 5.63. The number of likely N-dealkylation sites (N-methyl/N-ethyl adjacent to an activating group) is 1. The molecule has 3 heterocycles. The molecule has 0 unspecified atom stereocenters. The molecule has 0 saturated heterocycles. The Hall–Kier alpha value is -3.06. The minimum Gasteiger partial charge on any atom is -0.470 e.